The fourth-order valence-electron chi connectivity index (χ4n) is 1.57. The number of rotatable bonds is 3. The molecule has 0 radical (unpaired) electrons. The van der Waals surface area contributed by atoms with Crippen LogP contribution in [0.5, 0.6) is 0 Å². The predicted molar refractivity (Wildman–Crippen MR) is 68.3 cm³/mol. The summed E-state index contributed by atoms with van der Waals surface area (Å²) in [6, 6.07) is 6.41. The van der Waals surface area contributed by atoms with Gasteiger partial charge in [-0.1, -0.05) is 0 Å². The van der Waals surface area contributed by atoms with Crippen molar-refractivity contribution in [3.63, 3.8) is 0 Å². The van der Waals surface area contributed by atoms with Gasteiger partial charge in [0.2, 0.25) is 0 Å². The third-order valence-electron chi connectivity index (χ3n) is 2.52. The number of nitrogens with one attached hydrogen (secondary N) is 1. The summed E-state index contributed by atoms with van der Waals surface area (Å²) in [5.41, 5.74) is -0.522. The van der Waals surface area contributed by atoms with Crippen molar-refractivity contribution in [1.29, 1.82) is 5.26 Å². The molecule has 108 valence electrons. The van der Waals surface area contributed by atoms with Gasteiger partial charge in [0.15, 0.2) is 0 Å². The van der Waals surface area contributed by atoms with Gasteiger partial charge in [-0.15, -0.1) is 0 Å². The van der Waals surface area contributed by atoms with E-state index in [1.165, 1.54) is 6.07 Å². The summed E-state index contributed by atoms with van der Waals surface area (Å²) in [6.07, 6.45) is 0. The minimum atomic E-state index is -4.40. The van der Waals surface area contributed by atoms with Crippen LogP contribution in [0, 0.1) is 28.8 Å². The molecule has 8 heteroatoms. The van der Waals surface area contributed by atoms with E-state index in [1.54, 1.807) is 0 Å². The Morgan fingerprint density at radius 3 is 2.33 bits per heavy atom. The van der Waals surface area contributed by atoms with Crippen molar-refractivity contribution in [2.45, 2.75) is 4.90 Å². The molecule has 0 heterocycles. The molecule has 21 heavy (non-hydrogen) atoms. The standard InChI is InChI=1S/C13H7F3N2O2S/c14-9-1-3-12(16)13(6-9)21(19,20)18-10-2-4-11(15)8(5-10)7-17/h1-6,18H. The Balaban J connectivity index is 2.43. The first-order valence-corrected chi connectivity index (χ1v) is 6.99. The van der Waals surface area contributed by atoms with Crippen LogP contribution in [0.2, 0.25) is 0 Å². The van der Waals surface area contributed by atoms with E-state index in [4.69, 9.17) is 5.26 Å². The van der Waals surface area contributed by atoms with Gasteiger partial charge in [0, 0.05) is 0 Å². The third kappa shape index (κ3) is 3.14. The van der Waals surface area contributed by atoms with Gasteiger partial charge in [0.05, 0.1) is 11.3 Å². The van der Waals surface area contributed by atoms with Crippen molar-refractivity contribution in [2.24, 2.45) is 0 Å². The Morgan fingerprint density at radius 1 is 1.00 bits per heavy atom. The average molecular weight is 312 g/mol. The molecule has 0 amide bonds. The van der Waals surface area contributed by atoms with Crippen LogP contribution in [0.4, 0.5) is 18.9 Å². The lowest BCUT2D eigenvalue weighted by atomic mass is 10.2. The Bertz CT molecular complexity index is 845. The van der Waals surface area contributed by atoms with Gasteiger partial charge in [0.25, 0.3) is 10.0 Å². The van der Waals surface area contributed by atoms with Crippen LogP contribution in [-0.4, -0.2) is 8.42 Å². The predicted octanol–water partition coefficient (Wildman–Crippen LogP) is 2.78. The molecule has 0 aliphatic carbocycles. The van der Waals surface area contributed by atoms with Gasteiger partial charge < -0.3 is 0 Å². The molecule has 2 rings (SSSR count). The normalized spacial score (nSPS) is 11.0. The summed E-state index contributed by atoms with van der Waals surface area (Å²) in [5, 5.41) is 8.66. The number of sulfonamides is 1. The maximum atomic E-state index is 13.5. The van der Waals surface area contributed by atoms with Crippen LogP contribution >= 0.6 is 0 Å². The number of nitriles is 1. The number of halogens is 3. The van der Waals surface area contributed by atoms with Crippen molar-refractivity contribution >= 4 is 15.7 Å². The SMILES string of the molecule is N#Cc1cc(NS(=O)(=O)c2cc(F)ccc2F)ccc1F. The Kier molecular flexibility index (Phi) is 3.86. The third-order valence-corrected chi connectivity index (χ3v) is 3.92. The Hall–Kier alpha value is -2.53. The number of hydrogen-bond donors (Lipinski definition) is 1. The first-order chi connectivity index (χ1) is 9.83. The molecule has 1 N–H and O–H groups in total. The van der Waals surface area contributed by atoms with Gasteiger partial charge in [-0.3, -0.25) is 4.72 Å². The zero-order valence-electron chi connectivity index (χ0n) is 10.3. The molecule has 2 aromatic carbocycles. The van der Waals surface area contributed by atoms with E-state index >= 15 is 0 Å². The molecule has 0 saturated carbocycles. The lowest BCUT2D eigenvalue weighted by Gasteiger charge is -2.09. The maximum absolute atomic E-state index is 13.5. The molecule has 0 spiro atoms. The molecule has 0 aliphatic rings. The van der Waals surface area contributed by atoms with Crippen LogP contribution in [-0.2, 0) is 10.0 Å². The van der Waals surface area contributed by atoms with Gasteiger partial charge in [-0.25, -0.2) is 21.6 Å². The lowest BCUT2D eigenvalue weighted by molar-refractivity contribution is 0.555. The highest BCUT2D eigenvalue weighted by molar-refractivity contribution is 7.92. The molecule has 0 aromatic heterocycles. The Morgan fingerprint density at radius 2 is 1.67 bits per heavy atom. The van der Waals surface area contributed by atoms with E-state index in [-0.39, 0.29) is 11.3 Å². The molecule has 0 bridgehead atoms. The van der Waals surface area contributed by atoms with Crippen LogP contribution in [0.15, 0.2) is 41.3 Å². The van der Waals surface area contributed by atoms with E-state index in [9.17, 15) is 21.6 Å². The Labute approximate surface area is 118 Å². The van der Waals surface area contributed by atoms with E-state index in [0.29, 0.717) is 12.1 Å². The highest BCUT2D eigenvalue weighted by atomic mass is 32.2. The van der Waals surface area contributed by atoms with E-state index in [0.717, 1.165) is 24.3 Å². The van der Waals surface area contributed by atoms with E-state index in [2.05, 4.69) is 0 Å². The maximum Gasteiger partial charge on any atom is 0.264 e. The molecule has 4 nitrogen and oxygen atoms in total. The van der Waals surface area contributed by atoms with Crippen molar-refractivity contribution in [1.82, 2.24) is 0 Å². The largest absolute Gasteiger partial charge is 0.279 e. The molecule has 0 aliphatic heterocycles. The highest BCUT2D eigenvalue weighted by Crippen LogP contribution is 2.21. The summed E-state index contributed by atoms with van der Waals surface area (Å²) in [4.78, 5) is -0.884. The monoisotopic (exact) mass is 312 g/mol. The van der Waals surface area contributed by atoms with Gasteiger partial charge in [-0.05, 0) is 36.4 Å². The first-order valence-electron chi connectivity index (χ1n) is 5.51. The molecule has 0 atom stereocenters. The summed E-state index contributed by atoms with van der Waals surface area (Å²) in [6.45, 7) is 0. The van der Waals surface area contributed by atoms with Crippen molar-refractivity contribution in [3.05, 3.63) is 59.4 Å². The average Bonchev–Trinajstić information content (AvgIpc) is 2.43. The minimum absolute atomic E-state index is 0.142. The van der Waals surface area contributed by atoms with Crippen LogP contribution < -0.4 is 4.72 Å². The lowest BCUT2D eigenvalue weighted by Crippen LogP contribution is -2.15. The highest BCUT2D eigenvalue weighted by Gasteiger charge is 2.20. The van der Waals surface area contributed by atoms with Crippen LogP contribution in [0.25, 0.3) is 0 Å². The molecule has 0 saturated heterocycles. The second kappa shape index (κ2) is 5.46. The fraction of sp³-hybridized carbons (Fsp3) is 0. The summed E-state index contributed by atoms with van der Waals surface area (Å²) in [5.74, 6) is -2.88. The quantitative estimate of drug-likeness (QED) is 0.947. The van der Waals surface area contributed by atoms with Crippen molar-refractivity contribution in [3.8, 4) is 6.07 Å². The van der Waals surface area contributed by atoms with E-state index in [1.807, 2.05) is 4.72 Å². The molecular formula is C13H7F3N2O2S. The van der Waals surface area contributed by atoms with Gasteiger partial charge in [0.1, 0.15) is 28.4 Å². The smallest absolute Gasteiger partial charge is 0.264 e. The topological polar surface area (TPSA) is 70.0 Å². The minimum Gasteiger partial charge on any atom is -0.279 e. The summed E-state index contributed by atoms with van der Waals surface area (Å²) >= 11 is 0. The molecular weight excluding hydrogens is 305 g/mol. The number of anilines is 1. The van der Waals surface area contributed by atoms with Crippen molar-refractivity contribution < 1.29 is 21.6 Å². The molecule has 0 fully saturated rings. The van der Waals surface area contributed by atoms with Crippen LogP contribution in [0.3, 0.4) is 0 Å². The number of nitrogens with zero attached hydrogens (tertiary/aromatic N) is 1. The van der Waals surface area contributed by atoms with Crippen LogP contribution in [0.1, 0.15) is 5.56 Å². The second-order valence-electron chi connectivity index (χ2n) is 3.99. The summed E-state index contributed by atoms with van der Waals surface area (Å²) in [7, 11) is -4.40. The second-order valence-corrected chi connectivity index (χ2v) is 5.64. The first kappa shape index (κ1) is 14.9. The zero-order valence-corrected chi connectivity index (χ0v) is 11.1. The molecule has 2 aromatic rings. The number of benzene rings is 2. The van der Waals surface area contributed by atoms with Gasteiger partial charge >= 0.3 is 0 Å². The summed E-state index contributed by atoms with van der Waals surface area (Å²) < 4.78 is 65.5. The van der Waals surface area contributed by atoms with Gasteiger partial charge in [-0.2, -0.15) is 5.26 Å². The molecule has 0 unspecified atom stereocenters. The van der Waals surface area contributed by atoms with Crippen molar-refractivity contribution in [2.75, 3.05) is 4.72 Å². The fourth-order valence-corrected chi connectivity index (χ4v) is 2.71. The number of hydrogen-bond acceptors (Lipinski definition) is 3. The van der Waals surface area contributed by atoms with E-state index < -0.39 is 32.4 Å². The zero-order chi connectivity index (χ0) is 15.6.